The van der Waals surface area contributed by atoms with Crippen molar-refractivity contribution < 1.29 is 42.2 Å². The molecule has 1 unspecified atom stereocenters. The molecule has 0 radical (unpaired) electrons. The largest absolute Gasteiger partial charge is 1.00 e. The average molecular weight is 369 g/mol. The van der Waals surface area contributed by atoms with Crippen LogP contribution in [-0.2, 0) is 18.4 Å². The summed E-state index contributed by atoms with van der Waals surface area (Å²) >= 11 is 0. The Morgan fingerprint density at radius 3 is 2.36 bits per heavy atom. The molecule has 0 aliphatic heterocycles. The Labute approximate surface area is 164 Å². The van der Waals surface area contributed by atoms with Gasteiger partial charge in [0.05, 0.1) is 12.1 Å². The van der Waals surface area contributed by atoms with Crippen molar-refractivity contribution in [2.75, 3.05) is 7.11 Å². The van der Waals surface area contributed by atoms with Crippen LogP contribution >= 0.6 is 7.82 Å². The molecule has 0 spiro atoms. The summed E-state index contributed by atoms with van der Waals surface area (Å²) in [7, 11) is -3.18. The average Bonchev–Trinajstić information content (AvgIpc) is 2.55. The molecule has 8 heteroatoms. The monoisotopic (exact) mass is 369 g/mol. The molecule has 1 fully saturated rings. The number of hydrogen-bond donors (Lipinski definition) is 1. The first-order valence-corrected chi connectivity index (χ1v) is 10.8. The Balaban J connectivity index is 0.00000576. The van der Waals surface area contributed by atoms with Gasteiger partial charge in [-0.15, -0.1) is 0 Å². The molecule has 0 aromatic rings. The molecule has 3 atom stereocenters. The van der Waals surface area contributed by atoms with Crippen molar-refractivity contribution in [3.8, 4) is 0 Å². The number of carbonyl (C=O) groups excluding carboxylic acids is 1. The Hall–Kier alpha value is 0.177. The third-order valence-electron chi connectivity index (χ3n) is 4.54. The van der Waals surface area contributed by atoms with E-state index >= 15 is 0 Å². The van der Waals surface area contributed by atoms with Crippen LogP contribution in [-0.4, -0.2) is 25.2 Å². The molecule has 1 rings (SSSR count). The van der Waals surface area contributed by atoms with Gasteiger partial charge < -0.3 is 19.3 Å². The number of nitrogens with one attached hydrogen (secondary N) is 1. The van der Waals surface area contributed by atoms with E-state index in [0.717, 1.165) is 39.2 Å². The maximum absolute atomic E-state index is 12.1. The molecule has 0 aromatic carbocycles. The second-order valence-corrected chi connectivity index (χ2v) is 8.07. The molecule has 1 aliphatic carbocycles. The normalized spacial score (nSPS) is 22.7. The first-order chi connectivity index (χ1) is 11.5. The fraction of sp³-hybridized carbons (Fsp3) is 0.941. The summed E-state index contributed by atoms with van der Waals surface area (Å²) in [5.74, 6) is -0.0118. The summed E-state index contributed by atoms with van der Waals surface area (Å²) in [5.41, 5.74) is 0. The zero-order valence-electron chi connectivity index (χ0n) is 16.1. The number of rotatable bonds is 12. The van der Waals surface area contributed by atoms with Crippen LogP contribution in [0.25, 0.3) is 0 Å². The van der Waals surface area contributed by atoms with Gasteiger partial charge >= 0.3 is 18.9 Å². The Bertz CT molecular complexity index is 410. The van der Waals surface area contributed by atoms with Crippen LogP contribution in [0.5, 0.6) is 0 Å². The number of carbonyl (C=O) groups is 1. The maximum Gasteiger partial charge on any atom is 1.00 e. The van der Waals surface area contributed by atoms with Gasteiger partial charge in [0.1, 0.15) is 0 Å². The molecule has 0 bridgehead atoms. The minimum atomic E-state index is -4.26. The minimum absolute atomic E-state index is 0. The fourth-order valence-electron chi connectivity index (χ4n) is 3.12. The molecule has 0 saturated heterocycles. The Morgan fingerprint density at radius 2 is 1.72 bits per heavy atom. The van der Waals surface area contributed by atoms with Gasteiger partial charge in [-0.2, -0.15) is 0 Å². The van der Waals surface area contributed by atoms with Gasteiger partial charge in [-0.25, -0.2) is 0 Å². The van der Waals surface area contributed by atoms with Crippen molar-refractivity contribution >= 4 is 13.7 Å². The molecular formula is C17H33LiNO5P. The van der Waals surface area contributed by atoms with E-state index in [1.54, 1.807) is 0 Å². The molecule has 1 amide bonds. The van der Waals surface area contributed by atoms with Crippen molar-refractivity contribution in [1.82, 2.24) is 5.32 Å². The van der Waals surface area contributed by atoms with Crippen LogP contribution < -0.4 is 29.1 Å². The zero-order valence-corrected chi connectivity index (χ0v) is 17.0. The van der Waals surface area contributed by atoms with E-state index in [1.807, 2.05) is 0 Å². The number of phosphoric acid groups is 1. The van der Waals surface area contributed by atoms with Crippen molar-refractivity contribution in [3.63, 3.8) is 0 Å². The number of amides is 1. The minimum Gasteiger partial charge on any atom is -0.756 e. The van der Waals surface area contributed by atoms with Crippen LogP contribution in [0.3, 0.4) is 0 Å². The standard InChI is InChI=1S/C17H34NO5P.Li/c1-3-4-5-6-7-8-9-14-17(19)18-15-12-10-11-13-16(15)23-24(20,21)22-2;/h15-16H,3-14H2,1-2H3,(H,18,19)(H,20,21);/q;+1/p-1/t15-,16-;/m1./s1. The molecule has 1 aliphatic rings. The van der Waals surface area contributed by atoms with Crippen molar-refractivity contribution in [2.45, 2.75) is 96.1 Å². The van der Waals surface area contributed by atoms with Gasteiger partial charge in [-0.1, -0.05) is 58.3 Å². The summed E-state index contributed by atoms with van der Waals surface area (Å²) in [6.07, 6.45) is 11.4. The van der Waals surface area contributed by atoms with E-state index in [0.29, 0.717) is 12.8 Å². The molecule has 6 nitrogen and oxygen atoms in total. The first kappa shape index (κ1) is 25.2. The van der Waals surface area contributed by atoms with Crippen molar-refractivity contribution in [3.05, 3.63) is 0 Å². The predicted octanol–water partition coefficient (Wildman–Crippen LogP) is 0.690. The van der Waals surface area contributed by atoms with Crippen LogP contribution in [0, 0.1) is 0 Å². The predicted molar refractivity (Wildman–Crippen MR) is 92.5 cm³/mol. The summed E-state index contributed by atoms with van der Waals surface area (Å²) in [6.45, 7) is 2.20. The Morgan fingerprint density at radius 1 is 1.12 bits per heavy atom. The molecular weight excluding hydrogens is 336 g/mol. The maximum atomic E-state index is 12.1. The van der Waals surface area contributed by atoms with E-state index in [-0.39, 0.29) is 30.8 Å². The van der Waals surface area contributed by atoms with E-state index in [9.17, 15) is 14.3 Å². The molecule has 142 valence electrons. The van der Waals surface area contributed by atoms with Crippen molar-refractivity contribution in [2.24, 2.45) is 0 Å². The molecule has 1 N–H and O–H groups in total. The SMILES string of the molecule is CCCCCCCCCC(=O)N[C@@H]1CCCC[C@H]1OP(=O)([O-])OC.[Li+]. The smallest absolute Gasteiger partial charge is 0.756 e. The van der Waals surface area contributed by atoms with E-state index in [2.05, 4.69) is 16.8 Å². The number of hydrogen-bond acceptors (Lipinski definition) is 5. The number of phosphoric ester groups is 1. The Kier molecular flexibility index (Phi) is 14.4. The van der Waals surface area contributed by atoms with Gasteiger partial charge in [-0.05, 0) is 19.3 Å². The van der Waals surface area contributed by atoms with Crippen LogP contribution in [0.15, 0.2) is 0 Å². The molecule has 25 heavy (non-hydrogen) atoms. The van der Waals surface area contributed by atoms with E-state index in [4.69, 9.17) is 4.52 Å². The quantitative estimate of drug-likeness (QED) is 0.311. The summed E-state index contributed by atoms with van der Waals surface area (Å²) in [5, 5.41) is 2.95. The van der Waals surface area contributed by atoms with Crippen LogP contribution in [0.2, 0.25) is 0 Å². The molecule has 1 saturated carbocycles. The van der Waals surface area contributed by atoms with Gasteiger partial charge in [0, 0.05) is 13.5 Å². The molecule has 0 aromatic heterocycles. The van der Waals surface area contributed by atoms with Gasteiger partial charge in [0.2, 0.25) is 5.91 Å². The second kappa shape index (κ2) is 14.3. The number of unbranched alkanes of at least 4 members (excludes halogenated alkanes) is 6. The van der Waals surface area contributed by atoms with Gasteiger partial charge in [0.15, 0.2) is 0 Å². The van der Waals surface area contributed by atoms with Crippen molar-refractivity contribution in [1.29, 1.82) is 0 Å². The summed E-state index contributed by atoms with van der Waals surface area (Å²) in [6, 6.07) is -0.242. The summed E-state index contributed by atoms with van der Waals surface area (Å²) < 4.78 is 21.0. The molecule has 0 heterocycles. The zero-order chi connectivity index (χ0) is 17.8. The third-order valence-corrected chi connectivity index (χ3v) is 5.52. The first-order valence-electron chi connectivity index (χ1n) is 9.33. The van der Waals surface area contributed by atoms with Crippen LogP contribution in [0.1, 0.15) is 84.0 Å². The van der Waals surface area contributed by atoms with E-state index in [1.165, 1.54) is 32.1 Å². The summed E-state index contributed by atoms with van der Waals surface area (Å²) in [4.78, 5) is 23.6. The van der Waals surface area contributed by atoms with Gasteiger partial charge in [0.25, 0.3) is 7.82 Å². The topological polar surface area (TPSA) is 87.7 Å². The third kappa shape index (κ3) is 11.5. The second-order valence-electron chi connectivity index (χ2n) is 6.60. The van der Waals surface area contributed by atoms with E-state index < -0.39 is 13.9 Å². The fourth-order valence-corrected chi connectivity index (χ4v) is 3.79. The van der Waals surface area contributed by atoms with Gasteiger partial charge in [-0.3, -0.25) is 9.36 Å². The van der Waals surface area contributed by atoms with Crippen LogP contribution in [0.4, 0.5) is 0 Å².